The molecule has 0 unspecified atom stereocenters. The van der Waals surface area contributed by atoms with Crippen molar-refractivity contribution < 1.29 is 25.2 Å². The molecular formula is C12H18O6S2. The third-order valence-corrected chi connectivity index (χ3v) is 6.94. The molecule has 114 valence electrons. The Bertz CT molecular complexity index is 595. The largest absolute Gasteiger partial charge is 0.266 e. The van der Waals surface area contributed by atoms with Crippen molar-refractivity contribution in [3.63, 3.8) is 0 Å². The molecule has 0 amide bonds. The number of fused-ring (bicyclic) bond motifs is 4. The van der Waals surface area contributed by atoms with Crippen LogP contribution >= 0.6 is 0 Å². The van der Waals surface area contributed by atoms with Gasteiger partial charge in [0.2, 0.25) is 0 Å². The summed E-state index contributed by atoms with van der Waals surface area (Å²) in [4.78, 5) is 0. The van der Waals surface area contributed by atoms with Gasteiger partial charge in [0.15, 0.2) is 0 Å². The number of hydrogen-bond donors (Lipinski definition) is 0. The minimum absolute atomic E-state index is 0.158. The van der Waals surface area contributed by atoms with Crippen LogP contribution in [0.3, 0.4) is 0 Å². The van der Waals surface area contributed by atoms with Gasteiger partial charge in [-0.3, -0.25) is 8.37 Å². The molecule has 20 heavy (non-hydrogen) atoms. The highest BCUT2D eigenvalue weighted by molar-refractivity contribution is 7.86. The minimum atomic E-state index is -3.47. The number of hydrogen-bond acceptors (Lipinski definition) is 6. The van der Waals surface area contributed by atoms with E-state index in [4.69, 9.17) is 8.37 Å². The fraction of sp³-hybridized carbons (Fsp3) is 1.00. The van der Waals surface area contributed by atoms with Crippen LogP contribution in [0.5, 0.6) is 0 Å². The van der Waals surface area contributed by atoms with Crippen LogP contribution in [0.25, 0.3) is 0 Å². The van der Waals surface area contributed by atoms with Gasteiger partial charge in [-0.25, -0.2) is 0 Å². The monoisotopic (exact) mass is 322 g/mol. The normalized spacial score (nSPS) is 52.3. The Kier molecular flexibility index (Phi) is 2.54. The zero-order valence-electron chi connectivity index (χ0n) is 11.3. The SMILES string of the molecule is CS(=O)(=O)O[C@H]1[C@H]2C[C@@H]3[C@@H]4C[C@@H]2[C@@H]([C@H]4OS(C)(=O)=O)[C@H]31. The highest BCUT2D eigenvalue weighted by Gasteiger charge is 2.74. The molecule has 8 atom stereocenters. The Morgan fingerprint density at radius 3 is 1.35 bits per heavy atom. The fourth-order valence-electron chi connectivity index (χ4n) is 5.71. The Morgan fingerprint density at radius 1 is 0.700 bits per heavy atom. The lowest BCUT2D eigenvalue weighted by Gasteiger charge is -2.32. The van der Waals surface area contributed by atoms with Crippen LogP contribution in [0.2, 0.25) is 0 Å². The topological polar surface area (TPSA) is 86.7 Å². The summed E-state index contributed by atoms with van der Waals surface area (Å²) in [6.45, 7) is 0. The molecule has 0 aliphatic heterocycles. The molecule has 0 aromatic carbocycles. The van der Waals surface area contributed by atoms with Crippen LogP contribution in [0, 0.1) is 35.5 Å². The van der Waals surface area contributed by atoms with Gasteiger partial charge in [-0.2, -0.15) is 16.8 Å². The van der Waals surface area contributed by atoms with Gasteiger partial charge in [-0.15, -0.1) is 0 Å². The molecule has 0 aromatic rings. The summed E-state index contributed by atoms with van der Waals surface area (Å²) in [6, 6.07) is 0. The molecule has 4 aliphatic rings. The highest BCUT2D eigenvalue weighted by atomic mass is 32.2. The summed E-state index contributed by atoms with van der Waals surface area (Å²) in [5.41, 5.74) is 0. The zero-order chi connectivity index (χ0) is 14.4. The van der Waals surface area contributed by atoms with E-state index in [1.54, 1.807) is 0 Å². The van der Waals surface area contributed by atoms with E-state index in [1.165, 1.54) is 0 Å². The quantitative estimate of drug-likeness (QED) is 0.688. The highest BCUT2D eigenvalue weighted by Crippen LogP contribution is 2.73. The lowest BCUT2D eigenvalue weighted by molar-refractivity contribution is 0.129. The van der Waals surface area contributed by atoms with Crippen LogP contribution in [0.1, 0.15) is 12.8 Å². The molecule has 0 saturated heterocycles. The molecule has 6 nitrogen and oxygen atoms in total. The first-order valence-electron chi connectivity index (χ1n) is 6.92. The maximum absolute atomic E-state index is 11.4. The molecule has 8 heteroatoms. The van der Waals surface area contributed by atoms with Crippen molar-refractivity contribution in [2.45, 2.75) is 25.0 Å². The van der Waals surface area contributed by atoms with Gasteiger partial charge in [0.25, 0.3) is 20.2 Å². The maximum atomic E-state index is 11.4. The lowest BCUT2D eigenvalue weighted by Crippen LogP contribution is -2.28. The van der Waals surface area contributed by atoms with Crippen LogP contribution in [0.15, 0.2) is 0 Å². The Labute approximate surface area is 119 Å². The van der Waals surface area contributed by atoms with Gasteiger partial charge in [-0.05, 0) is 48.3 Å². The zero-order valence-corrected chi connectivity index (χ0v) is 12.9. The van der Waals surface area contributed by atoms with E-state index < -0.39 is 20.2 Å². The third kappa shape index (κ3) is 1.74. The average Bonchev–Trinajstić information content (AvgIpc) is 2.89. The van der Waals surface area contributed by atoms with Gasteiger partial charge >= 0.3 is 0 Å². The molecule has 4 aliphatic carbocycles. The predicted octanol–water partition coefficient (Wildman–Crippen LogP) is 0.208. The van der Waals surface area contributed by atoms with Crippen LogP contribution in [-0.2, 0) is 28.6 Å². The molecule has 4 bridgehead atoms. The smallest absolute Gasteiger partial charge is 0.264 e. The van der Waals surface area contributed by atoms with E-state index in [1.807, 2.05) is 0 Å². The summed E-state index contributed by atoms with van der Waals surface area (Å²) in [5, 5.41) is 0. The summed E-state index contributed by atoms with van der Waals surface area (Å²) in [7, 11) is -6.94. The third-order valence-electron chi connectivity index (χ3n) is 5.80. The second kappa shape index (κ2) is 3.77. The van der Waals surface area contributed by atoms with E-state index in [0.29, 0.717) is 11.8 Å². The van der Waals surface area contributed by atoms with E-state index in [0.717, 1.165) is 25.4 Å². The number of rotatable bonds is 4. The average molecular weight is 322 g/mol. The van der Waals surface area contributed by atoms with Gasteiger partial charge in [0.1, 0.15) is 0 Å². The standard InChI is InChI=1S/C12H18O6S2/c1-19(13,14)17-11-7-3-6-8-4-5(7)10(9(6)11)12(8)18-20(2,15)16/h5-12H,3-4H2,1-2H3/t5-,6+,7-,8-,9-,10+,11-,12-/m0/s1. The maximum Gasteiger partial charge on any atom is 0.264 e. The van der Waals surface area contributed by atoms with Crippen molar-refractivity contribution in [1.29, 1.82) is 0 Å². The predicted molar refractivity (Wildman–Crippen MR) is 69.6 cm³/mol. The van der Waals surface area contributed by atoms with E-state index in [9.17, 15) is 16.8 Å². The van der Waals surface area contributed by atoms with Gasteiger partial charge in [0, 0.05) is 0 Å². The lowest BCUT2D eigenvalue weighted by atomic mass is 9.71. The van der Waals surface area contributed by atoms with Crippen molar-refractivity contribution in [2.75, 3.05) is 12.5 Å². The second-order valence-electron chi connectivity index (χ2n) is 6.81. The first kappa shape index (κ1) is 13.5. The molecule has 4 fully saturated rings. The molecule has 0 aromatic heterocycles. The van der Waals surface area contributed by atoms with Gasteiger partial charge < -0.3 is 0 Å². The van der Waals surface area contributed by atoms with Gasteiger partial charge in [0.05, 0.1) is 24.7 Å². The summed E-state index contributed by atoms with van der Waals surface area (Å²) in [6.07, 6.45) is 3.57. The van der Waals surface area contributed by atoms with Crippen molar-refractivity contribution in [2.24, 2.45) is 35.5 Å². The van der Waals surface area contributed by atoms with Gasteiger partial charge in [-0.1, -0.05) is 0 Å². The van der Waals surface area contributed by atoms with E-state index in [2.05, 4.69) is 0 Å². The Hall–Kier alpha value is -0.180. The van der Waals surface area contributed by atoms with E-state index >= 15 is 0 Å². The van der Waals surface area contributed by atoms with Crippen molar-refractivity contribution in [3.8, 4) is 0 Å². The second-order valence-corrected chi connectivity index (χ2v) is 10.0. The molecule has 4 saturated carbocycles. The molecule has 0 radical (unpaired) electrons. The molecule has 4 rings (SSSR count). The fourth-order valence-corrected chi connectivity index (χ4v) is 7.06. The summed E-state index contributed by atoms with van der Waals surface area (Å²) in [5.74, 6) is 1.57. The van der Waals surface area contributed by atoms with Crippen LogP contribution in [0.4, 0.5) is 0 Å². The summed E-state index contributed by atoms with van der Waals surface area (Å²) >= 11 is 0. The van der Waals surface area contributed by atoms with Crippen molar-refractivity contribution in [3.05, 3.63) is 0 Å². The Morgan fingerprint density at radius 2 is 1.05 bits per heavy atom. The van der Waals surface area contributed by atoms with E-state index in [-0.39, 0.29) is 35.9 Å². The molecule has 0 heterocycles. The molecule has 0 N–H and O–H groups in total. The first-order valence-corrected chi connectivity index (χ1v) is 10.6. The van der Waals surface area contributed by atoms with Crippen LogP contribution in [-0.4, -0.2) is 41.6 Å². The van der Waals surface area contributed by atoms with Crippen molar-refractivity contribution >= 4 is 20.2 Å². The Balaban J connectivity index is 1.64. The molecule has 0 spiro atoms. The van der Waals surface area contributed by atoms with Crippen molar-refractivity contribution in [1.82, 2.24) is 0 Å². The minimum Gasteiger partial charge on any atom is -0.266 e. The molecular weight excluding hydrogens is 304 g/mol. The van der Waals surface area contributed by atoms with Crippen LogP contribution < -0.4 is 0 Å². The summed E-state index contributed by atoms with van der Waals surface area (Å²) < 4.78 is 56.3. The first-order chi connectivity index (χ1) is 9.16.